The molecular formula is C15H19N3O4. The number of nitrogens with zero attached hydrogens (tertiary/aromatic N) is 2. The fraction of sp³-hybridized carbons (Fsp3) is 0.467. The number of anilines is 2. The first-order valence-corrected chi connectivity index (χ1v) is 7.31. The van der Waals surface area contributed by atoms with Crippen LogP contribution >= 0.6 is 0 Å². The van der Waals surface area contributed by atoms with Gasteiger partial charge in [-0.15, -0.1) is 0 Å². The van der Waals surface area contributed by atoms with Gasteiger partial charge < -0.3 is 19.7 Å². The molecule has 2 amide bonds. The molecule has 0 aliphatic carbocycles. The van der Waals surface area contributed by atoms with Crippen molar-refractivity contribution in [1.82, 2.24) is 5.32 Å². The zero-order chi connectivity index (χ0) is 15.5. The van der Waals surface area contributed by atoms with Crippen LogP contribution in [0.2, 0.25) is 0 Å². The second-order valence-electron chi connectivity index (χ2n) is 5.30. The summed E-state index contributed by atoms with van der Waals surface area (Å²) < 4.78 is 10.5. The molecule has 1 atom stereocenters. The Labute approximate surface area is 128 Å². The van der Waals surface area contributed by atoms with E-state index in [1.54, 1.807) is 0 Å². The van der Waals surface area contributed by atoms with Gasteiger partial charge in [-0.2, -0.15) is 0 Å². The van der Waals surface area contributed by atoms with E-state index in [0.717, 1.165) is 37.7 Å². The zero-order valence-corrected chi connectivity index (χ0v) is 12.4. The van der Waals surface area contributed by atoms with Gasteiger partial charge in [-0.05, 0) is 24.3 Å². The molecule has 0 aromatic heterocycles. The number of carbonyl (C=O) groups excluding carboxylic acids is 2. The number of rotatable bonds is 3. The van der Waals surface area contributed by atoms with Crippen LogP contribution in [0.4, 0.5) is 16.2 Å². The van der Waals surface area contributed by atoms with E-state index in [1.807, 2.05) is 24.3 Å². The fourth-order valence-electron chi connectivity index (χ4n) is 2.64. The van der Waals surface area contributed by atoms with E-state index in [-0.39, 0.29) is 5.91 Å². The van der Waals surface area contributed by atoms with Crippen LogP contribution in [0.25, 0.3) is 0 Å². The summed E-state index contributed by atoms with van der Waals surface area (Å²) in [5.41, 5.74) is 1.87. The highest BCUT2D eigenvalue weighted by Crippen LogP contribution is 2.24. The van der Waals surface area contributed by atoms with Gasteiger partial charge in [0.1, 0.15) is 0 Å². The number of cyclic esters (lactones) is 1. The molecule has 0 spiro atoms. The highest BCUT2D eigenvalue weighted by atomic mass is 16.6. The number of benzene rings is 1. The summed E-state index contributed by atoms with van der Waals surface area (Å²) in [6.07, 6.45) is -1.04. The van der Waals surface area contributed by atoms with Crippen LogP contribution in [0.15, 0.2) is 24.3 Å². The Morgan fingerprint density at radius 1 is 1.18 bits per heavy atom. The van der Waals surface area contributed by atoms with Crippen molar-refractivity contribution in [2.24, 2.45) is 0 Å². The molecule has 7 nitrogen and oxygen atoms in total. The summed E-state index contributed by atoms with van der Waals surface area (Å²) >= 11 is 0. The maximum absolute atomic E-state index is 11.9. The summed E-state index contributed by atoms with van der Waals surface area (Å²) in [4.78, 5) is 26.7. The normalized spacial score (nSPS) is 21.7. The molecule has 1 aromatic carbocycles. The van der Waals surface area contributed by atoms with E-state index >= 15 is 0 Å². The van der Waals surface area contributed by atoms with Gasteiger partial charge in [0.15, 0.2) is 6.23 Å². The Morgan fingerprint density at radius 3 is 2.45 bits per heavy atom. The molecule has 22 heavy (non-hydrogen) atoms. The molecule has 2 aliphatic heterocycles. The van der Waals surface area contributed by atoms with Gasteiger partial charge in [-0.25, -0.2) is 4.79 Å². The standard InChI is InChI=1S/C15H19N3O4/c1-11(19)16-14-10-18(15(20)22-14)13-4-2-12(3-5-13)17-6-8-21-9-7-17/h2-5,14H,6-10H2,1H3,(H,16,19)/t14-/m1/s1. The molecule has 0 unspecified atom stereocenters. The molecule has 0 saturated carbocycles. The zero-order valence-electron chi connectivity index (χ0n) is 12.4. The lowest BCUT2D eigenvalue weighted by Gasteiger charge is -2.29. The van der Waals surface area contributed by atoms with Gasteiger partial charge in [-0.1, -0.05) is 0 Å². The molecule has 118 valence electrons. The van der Waals surface area contributed by atoms with E-state index in [0.29, 0.717) is 6.54 Å². The third-order valence-corrected chi connectivity index (χ3v) is 3.71. The summed E-state index contributed by atoms with van der Waals surface area (Å²) in [5.74, 6) is -0.220. The highest BCUT2D eigenvalue weighted by molar-refractivity contribution is 5.90. The minimum atomic E-state index is -0.594. The second-order valence-corrected chi connectivity index (χ2v) is 5.30. The van der Waals surface area contributed by atoms with Crippen LogP contribution in [-0.4, -0.2) is 51.1 Å². The summed E-state index contributed by atoms with van der Waals surface area (Å²) in [6, 6.07) is 7.75. The van der Waals surface area contributed by atoms with Crippen molar-refractivity contribution in [3.05, 3.63) is 24.3 Å². The smallest absolute Gasteiger partial charge is 0.416 e. The monoisotopic (exact) mass is 305 g/mol. The summed E-state index contributed by atoms with van der Waals surface area (Å²) in [6.45, 7) is 4.92. The minimum Gasteiger partial charge on any atom is -0.423 e. The quantitative estimate of drug-likeness (QED) is 0.900. The first-order valence-electron chi connectivity index (χ1n) is 7.31. The molecule has 1 aromatic rings. The Balaban J connectivity index is 1.67. The molecule has 1 N–H and O–H groups in total. The van der Waals surface area contributed by atoms with Crippen molar-refractivity contribution in [3.8, 4) is 0 Å². The summed E-state index contributed by atoms with van der Waals surface area (Å²) in [7, 11) is 0. The largest absolute Gasteiger partial charge is 0.423 e. The number of ether oxygens (including phenoxy) is 2. The van der Waals surface area contributed by atoms with Gasteiger partial charge in [0.05, 0.1) is 19.8 Å². The number of morpholine rings is 1. The van der Waals surface area contributed by atoms with Crippen LogP contribution < -0.4 is 15.1 Å². The molecule has 2 fully saturated rings. The van der Waals surface area contributed by atoms with Gasteiger partial charge in [0.2, 0.25) is 5.91 Å². The molecule has 7 heteroatoms. The minimum absolute atomic E-state index is 0.220. The van der Waals surface area contributed by atoms with Gasteiger partial charge in [0, 0.05) is 31.4 Å². The lowest BCUT2D eigenvalue weighted by molar-refractivity contribution is -0.121. The van der Waals surface area contributed by atoms with E-state index in [9.17, 15) is 9.59 Å². The highest BCUT2D eigenvalue weighted by Gasteiger charge is 2.32. The van der Waals surface area contributed by atoms with Crippen molar-refractivity contribution >= 4 is 23.4 Å². The maximum Gasteiger partial charge on any atom is 0.416 e. The molecule has 0 radical (unpaired) electrons. The lowest BCUT2D eigenvalue weighted by atomic mass is 10.2. The molecule has 2 heterocycles. The number of hydrogen-bond donors (Lipinski definition) is 1. The van der Waals surface area contributed by atoms with E-state index in [4.69, 9.17) is 9.47 Å². The van der Waals surface area contributed by atoms with Gasteiger partial charge in [-0.3, -0.25) is 9.69 Å². The number of hydrogen-bond acceptors (Lipinski definition) is 5. The average Bonchev–Trinajstić information content (AvgIpc) is 2.88. The Hall–Kier alpha value is -2.28. The number of carbonyl (C=O) groups is 2. The van der Waals surface area contributed by atoms with Crippen molar-refractivity contribution < 1.29 is 19.1 Å². The molecule has 0 bridgehead atoms. The maximum atomic E-state index is 11.9. The predicted octanol–water partition coefficient (Wildman–Crippen LogP) is 0.942. The van der Waals surface area contributed by atoms with Crippen molar-refractivity contribution in [2.45, 2.75) is 13.2 Å². The van der Waals surface area contributed by atoms with Crippen LogP contribution in [0.1, 0.15) is 6.92 Å². The SMILES string of the molecule is CC(=O)N[C@H]1CN(c2ccc(N3CCOCC3)cc2)C(=O)O1. The van der Waals surface area contributed by atoms with Crippen LogP contribution in [0.5, 0.6) is 0 Å². The van der Waals surface area contributed by atoms with Gasteiger partial charge in [0.25, 0.3) is 0 Å². The average molecular weight is 305 g/mol. The van der Waals surface area contributed by atoms with E-state index in [1.165, 1.54) is 11.8 Å². The van der Waals surface area contributed by atoms with Crippen LogP contribution in [0.3, 0.4) is 0 Å². The Morgan fingerprint density at radius 2 is 1.82 bits per heavy atom. The summed E-state index contributed by atoms with van der Waals surface area (Å²) in [5, 5.41) is 2.59. The lowest BCUT2D eigenvalue weighted by Crippen LogP contribution is -2.36. The van der Waals surface area contributed by atoms with Crippen LogP contribution in [0, 0.1) is 0 Å². The Bertz CT molecular complexity index is 554. The van der Waals surface area contributed by atoms with Gasteiger partial charge >= 0.3 is 6.09 Å². The number of amides is 2. The van der Waals surface area contributed by atoms with Crippen molar-refractivity contribution in [1.29, 1.82) is 0 Å². The Kier molecular flexibility index (Phi) is 4.15. The van der Waals surface area contributed by atoms with Crippen LogP contribution in [-0.2, 0) is 14.3 Å². The number of nitrogens with one attached hydrogen (secondary N) is 1. The van der Waals surface area contributed by atoms with E-state index in [2.05, 4.69) is 10.2 Å². The van der Waals surface area contributed by atoms with Crippen molar-refractivity contribution in [3.63, 3.8) is 0 Å². The second kappa shape index (κ2) is 6.23. The third kappa shape index (κ3) is 3.14. The van der Waals surface area contributed by atoms with E-state index < -0.39 is 12.3 Å². The topological polar surface area (TPSA) is 71.1 Å². The molecular weight excluding hydrogens is 286 g/mol. The predicted molar refractivity (Wildman–Crippen MR) is 80.9 cm³/mol. The molecule has 3 rings (SSSR count). The molecule has 2 aliphatic rings. The first-order chi connectivity index (χ1) is 10.6. The third-order valence-electron chi connectivity index (χ3n) is 3.71. The molecule has 2 saturated heterocycles. The van der Waals surface area contributed by atoms with Crippen molar-refractivity contribution in [2.75, 3.05) is 42.6 Å². The first kappa shape index (κ1) is 14.6. The fourth-order valence-corrected chi connectivity index (χ4v) is 2.64.